The molecule has 0 spiro atoms. The van der Waals surface area contributed by atoms with Crippen LogP contribution in [0.15, 0.2) is 21.9 Å². The third kappa shape index (κ3) is 4.19. The van der Waals surface area contributed by atoms with E-state index < -0.39 is 41.0 Å². The fraction of sp³-hybridized carbons (Fsp3) is 0.412. The maximum Gasteiger partial charge on any atom is 1.00 e. The van der Waals surface area contributed by atoms with E-state index in [4.69, 9.17) is 10.5 Å². The van der Waals surface area contributed by atoms with Crippen LogP contribution in [-0.2, 0) is 23.9 Å². The molecule has 1 aromatic rings. The minimum Gasteiger partial charge on any atom is -0.543 e. The Labute approximate surface area is 217 Å². The SMILES string of the molecule is Nc1nc(/C(=N/O)C(=O)NC2(COC=O)C(=O)N3C(C(=O)[O-])=C(N4CCC4)CS[C@H]32)cs1.[Na+]. The van der Waals surface area contributed by atoms with Crippen LogP contribution < -0.4 is 45.7 Å². The van der Waals surface area contributed by atoms with Crippen LogP contribution >= 0.6 is 23.1 Å². The monoisotopic (exact) mass is 504 g/mol. The van der Waals surface area contributed by atoms with E-state index in [2.05, 4.69) is 15.5 Å². The first kappa shape index (κ1) is 25.3. The van der Waals surface area contributed by atoms with Gasteiger partial charge in [0.15, 0.2) is 16.4 Å². The van der Waals surface area contributed by atoms with Crippen LogP contribution in [0.4, 0.5) is 5.13 Å². The Balaban J connectivity index is 0.00000306. The number of amides is 2. The summed E-state index contributed by atoms with van der Waals surface area (Å²) in [4.78, 5) is 55.6. The van der Waals surface area contributed by atoms with Crippen molar-refractivity contribution in [2.24, 2.45) is 5.16 Å². The summed E-state index contributed by atoms with van der Waals surface area (Å²) in [5, 5.41) is 27.2. The second kappa shape index (κ2) is 9.89. The number of nitrogen functional groups attached to an aromatic ring is 1. The van der Waals surface area contributed by atoms with Crippen LogP contribution in [0.25, 0.3) is 0 Å². The summed E-state index contributed by atoms with van der Waals surface area (Å²) in [7, 11) is 0. The molecule has 1 aromatic heterocycles. The van der Waals surface area contributed by atoms with E-state index in [-0.39, 0.29) is 58.3 Å². The number of aliphatic carboxylic acids is 1. The number of nitrogens with two attached hydrogens (primary N) is 1. The normalized spacial score (nSPS) is 24.2. The van der Waals surface area contributed by atoms with Crippen LogP contribution in [0, 0.1) is 0 Å². The average Bonchev–Trinajstić information content (AvgIpc) is 3.15. The van der Waals surface area contributed by atoms with Crippen LogP contribution in [0.2, 0.25) is 0 Å². The van der Waals surface area contributed by atoms with Crippen LogP contribution in [0.1, 0.15) is 12.1 Å². The minimum absolute atomic E-state index is 0. The number of carboxylic acid groups (broad SMARTS) is 1. The fourth-order valence-electron chi connectivity index (χ4n) is 3.75. The van der Waals surface area contributed by atoms with Gasteiger partial charge in [-0.3, -0.25) is 19.3 Å². The molecule has 2 fully saturated rings. The smallest absolute Gasteiger partial charge is 0.543 e. The molecule has 16 heteroatoms. The number of aromatic nitrogens is 1. The number of ether oxygens (including phenoxy) is 1. The molecule has 13 nitrogen and oxygen atoms in total. The molecule has 0 radical (unpaired) electrons. The van der Waals surface area contributed by atoms with Crippen LogP contribution in [-0.4, -0.2) is 86.3 Å². The Kier molecular flexibility index (Phi) is 7.58. The Morgan fingerprint density at radius 2 is 2.21 bits per heavy atom. The van der Waals surface area contributed by atoms with Crippen molar-refractivity contribution in [1.29, 1.82) is 0 Å². The van der Waals surface area contributed by atoms with Gasteiger partial charge < -0.3 is 35.8 Å². The van der Waals surface area contributed by atoms with Gasteiger partial charge in [0, 0.05) is 29.9 Å². The molecule has 4 N–H and O–H groups in total. The number of likely N-dealkylation sites (tertiary alicyclic amines) is 1. The molecule has 2 saturated heterocycles. The molecular weight excluding hydrogens is 487 g/mol. The molecular formula is C17H17N6NaO7S2. The first-order valence-corrected chi connectivity index (χ1v) is 11.2. The number of thioether (sulfide) groups is 1. The van der Waals surface area contributed by atoms with Crippen molar-refractivity contribution in [2.75, 3.05) is 31.2 Å². The maximum atomic E-state index is 13.2. The van der Waals surface area contributed by atoms with Gasteiger partial charge in [-0.1, -0.05) is 5.16 Å². The van der Waals surface area contributed by atoms with Crippen LogP contribution in [0.5, 0.6) is 0 Å². The van der Waals surface area contributed by atoms with Crippen molar-refractivity contribution in [1.82, 2.24) is 20.1 Å². The molecule has 4 rings (SSSR count). The fourth-order valence-corrected chi connectivity index (χ4v) is 5.79. The van der Waals surface area contributed by atoms with Crippen LogP contribution in [0.3, 0.4) is 0 Å². The Morgan fingerprint density at radius 1 is 1.48 bits per heavy atom. The number of hydrogen-bond acceptors (Lipinski definition) is 13. The van der Waals surface area contributed by atoms with E-state index in [1.807, 2.05) is 4.90 Å². The van der Waals surface area contributed by atoms with Crippen molar-refractivity contribution >= 4 is 58.2 Å². The van der Waals surface area contributed by atoms with Crippen molar-refractivity contribution < 1.29 is 63.8 Å². The third-order valence-corrected chi connectivity index (χ3v) is 7.42. The molecule has 33 heavy (non-hydrogen) atoms. The maximum absolute atomic E-state index is 13.2. The van der Waals surface area contributed by atoms with Gasteiger partial charge in [-0.2, -0.15) is 0 Å². The van der Waals surface area contributed by atoms with Crippen molar-refractivity contribution in [2.45, 2.75) is 17.3 Å². The number of carbonyl (C=O) groups is 4. The zero-order valence-electron chi connectivity index (χ0n) is 17.3. The van der Waals surface area contributed by atoms with E-state index in [9.17, 15) is 29.5 Å². The summed E-state index contributed by atoms with van der Waals surface area (Å²) in [6, 6.07) is 0. The number of hydrogen-bond donors (Lipinski definition) is 3. The second-order valence-electron chi connectivity index (χ2n) is 7.11. The first-order chi connectivity index (χ1) is 15.3. The second-order valence-corrected chi connectivity index (χ2v) is 9.07. The molecule has 0 bridgehead atoms. The standard InChI is InChI=1S/C17H18N6O7S2.Na/c18-16-19-8(4-32-16)10(21-29)12(25)20-17(6-30-7-24)14(28)23-11(13(26)27)9(5-31-15(17)23)22-2-1-3-22;/h4,7,15,29H,1-3,5-6H2,(H2,18,19)(H,20,25)(H,26,27);/q;+1/p-1/b21-10-;/t15-,17?;/m0./s1. The molecule has 170 valence electrons. The van der Waals surface area contributed by atoms with Gasteiger partial charge in [0.1, 0.15) is 17.7 Å². The van der Waals surface area contributed by atoms with E-state index in [1.54, 1.807) is 0 Å². The number of thiazole rings is 1. The van der Waals surface area contributed by atoms with E-state index in [1.165, 1.54) is 17.1 Å². The molecule has 2 amide bonds. The predicted molar refractivity (Wildman–Crippen MR) is 109 cm³/mol. The molecule has 4 heterocycles. The molecule has 0 aliphatic carbocycles. The number of fused-ring (bicyclic) bond motifs is 1. The number of β-lactam (4-membered cyclic amide) rings is 1. The topological polar surface area (TPSA) is 191 Å². The summed E-state index contributed by atoms with van der Waals surface area (Å²) in [5.41, 5.74) is 3.46. The molecule has 3 aliphatic rings. The van der Waals surface area contributed by atoms with Gasteiger partial charge in [-0.15, -0.1) is 23.1 Å². The average molecular weight is 504 g/mol. The summed E-state index contributed by atoms with van der Waals surface area (Å²) >= 11 is 2.22. The number of rotatable bonds is 8. The van der Waals surface area contributed by atoms with Gasteiger partial charge in [0.05, 0.1) is 11.7 Å². The summed E-state index contributed by atoms with van der Waals surface area (Å²) in [6.07, 6.45) is 0.906. The summed E-state index contributed by atoms with van der Waals surface area (Å²) < 4.78 is 4.81. The quantitative estimate of drug-likeness (QED) is 0.0764. The van der Waals surface area contributed by atoms with E-state index >= 15 is 0 Å². The van der Waals surface area contributed by atoms with Gasteiger partial charge in [0.2, 0.25) is 0 Å². The number of nitrogens with zero attached hydrogens (tertiary/aromatic N) is 4. The Morgan fingerprint density at radius 3 is 2.73 bits per heavy atom. The summed E-state index contributed by atoms with van der Waals surface area (Å²) in [5.74, 6) is -3.04. The van der Waals surface area contributed by atoms with Crippen molar-refractivity contribution in [3.05, 3.63) is 22.5 Å². The number of oxime groups is 1. The zero-order chi connectivity index (χ0) is 23.0. The molecule has 0 aromatic carbocycles. The summed E-state index contributed by atoms with van der Waals surface area (Å²) in [6.45, 7) is 0.901. The van der Waals surface area contributed by atoms with Crippen molar-refractivity contribution in [3.63, 3.8) is 0 Å². The van der Waals surface area contributed by atoms with Gasteiger partial charge in [-0.25, -0.2) is 4.98 Å². The van der Waals surface area contributed by atoms with Gasteiger partial charge >= 0.3 is 29.6 Å². The number of anilines is 1. The minimum atomic E-state index is -1.78. The first-order valence-electron chi connectivity index (χ1n) is 9.30. The van der Waals surface area contributed by atoms with Crippen molar-refractivity contribution in [3.8, 4) is 0 Å². The number of carboxylic acids is 1. The molecule has 3 aliphatic heterocycles. The van der Waals surface area contributed by atoms with E-state index in [0.29, 0.717) is 18.8 Å². The zero-order valence-corrected chi connectivity index (χ0v) is 21.0. The number of carbonyl (C=O) groups excluding carboxylic acids is 4. The Hall–Kier alpha value is -2.33. The Bertz CT molecular complexity index is 1060. The van der Waals surface area contributed by atoms with E-state index in [0.717, 1.165) is 22.7 Å². The molecule has 0 saturated carbocycles. The third-order valence-electron chi connectivity index (χ3n) is 5.38. The number of nitrogens with one attached hydrogen (secondary N) is 1. The molecule has 2 atom stereocenters. The predicted octanol–water partition coefficient (Wildman–Crippen LogP) is -5.48. The van der Waals surface area contributed by atoms with Gasteiger partial charge in [0.25, 0.3) is 18.3 Å². The molecule has 1 unspecified atom stereocenters. The van der Waals surface area contributed by atoms with Gasteiger partial charge in [-0.05, 0) is 6.42 Å². The largest absolute Gasteiger partial charge is 1.00 e.